The zero-order valence-corrected chi connectivity index (χ0v) is 44.5. The number of benzene rings is 2. The van der Waals surface area contributed by atoms with Crippen molar-refractivity contribution in [2.75, 3.05) is 54.0 Å². The van der Waals surface area contributed by atoms with Crippen molar-refractivity contribution in [3.05, 3.63) is 77.6 Å². The number of hydrazine groups is 1. The normalized spacial score (nSPS) is 21.0. The number of pyridine rings is 1. The van der Waals surface area contributed by atoms with Gasteiger partial charge in [-0.25, -0.2) is 0 Å². The van der Waals surface area contributed by atoms with E-state index in [0.29, 0.717) is 51.9 Å². The minimum atomic E-state index is -3.35. The number of hydrogen-bond donors (Lipinski definition) is 2. The minimum absolute atomic E-state index is 0.00277. The number of likely N-dealkylation sites (N-methyl/N-ethyl adjacent to an activating group) is 1. The van der Waals surface area contributed by atoms with Crippen LogP contribution in [0.2, 0.25) is 8.35 Å². The number of hydrogen-bond acceptors (Lipinski definition) is 10. The molecule has 7 rings (SSSR count). The molecule has 6 bridgehead atoms. The second kappa shape index (κ2) is 21.4. The molecule has 5 atom stereocenters. The maximum absolute atomic E-state index is 14.8. The first-order valence-corrected chi connectivity index (χ1v) is 31.0. The van der Waals surface area contributed by atoms with Crippen molar-refractivity contribution in [1.29, 1.82) is 0 Å². The standard InChI is InChI=1S/C42H52N5O5.C9H15N2O2.CH3.In/c1-8-46-36-17-16-30-23-32(36)33(39(46)31-14-10-18-43-38(31)27(4)51-7)24-42(5,6)25-52-41(50)34-15-11-19-47(45-34)40(49)35(44-37(48)20-26(2)3)22-28-12-9-13-29(30)21-28;1-10(2)6-9(13)11-4-3-8(5-11)7-12;;/h9-10,12-14,16-18,20-21,23,26-27,34-35,45H,8,11,15,19,22,24-25H2,1-7H3,(H,44,48);8H,3-6H2,1-2H3;1H3;/t27-,34-,35-;8-;;/m00../s1. The summed E-state index contributed by atoms with van der Waals surface area (Å²) in [6.07, 6.45) is 4.01. The van der Waals surface area contributed by atoms with Crippen LogP contribution in [-0.2, 0) is 52.8 Å². The summed E-state index contributed by atoms with van der Waals surface area (Å²) in [4.78, 5) is 78.9. The summed E-state index contributed by atoms with van der Waals surface area (Å²) in [7, 11) is 5.40. The van der Waals surface area contributed by atoms with Gasteiger partial charge < -0.3 is 9.30 Å². The number of rotatable bonds is 12. The summed E-state index contributed by atoms with van der Waals surface area (Å²) < 4.78 is 16.0. The molecule has 14 nitrogen and oxygen atoms in total. The maximum atomic E-state index is 14.8. The molecule has 3 aliphatic rings. The number of carbonyl (C=O) groups is 5. The van der Waals surface area contributed by atoms with E-state index in [0.717, 1.165) is 50.1 Å². The summed E-state index contributed by atoms with van der Waals surface area (Å²) in [5.74, 6) is -1.48. The van der Waals surface area contributed by atoms with E-state index in [1.54, 1.807) is 18.2 Å². The molecule has 2 aromatic carbocycles. The van der Waals surface area contributed by atoms with E-state index in [1.165, 1.54) is 5.01 Å². The van der Waals surface area contributed by atoms with Gasteiger partial charge in [0, 0.05) is 25.4 Å². The van der Waals surface area contributed by atoms with E-state index in [9.17, 15) is 24.0 Å². The molecule has 15 heteroatoms. The molecule has 3 aliphatic heterocycles. The monoisotopic (exact) mass is 1020 g/mol. The van der Waals surface area contributed by atoms with Crippen molar-refractivity contribution in [3.63, 3.8) is 0 Å². The van der Waals surface area contributed by atoms with E-state index in [4.69, 9.17) is 14.5 Å². The van der Waals surface area contributed by atoms with E-state index in [-0.39, 0.29) is 58.8 Å². The van der Waals surface area contributed by atoms with E-state index in [2.05, 4.69) is 72.5 Å². The third-order valence-corrected chi connectivity index (χ3v) is 24.1. The number of amides is 3. The molecule has 0 spiro atoms. The summed E-state index contributed by atoms with van der Waals surface area (Å²) in [5.41, 5.74) is 10.6. The summed E-state index contributed by atoms with van der Waals surface area (Å²) in [5, 5.41) is 5.74. The van der Waals surface area contributed by atoms with Crippen LogP contribution in [0.1, 0.15) is 83.7 Å². The van der Waals surface area contributed by atoms with Crippen LogP contribution in [0.4, 0.5) is 0 Å². The van der Waals surface area contributed by atoms with Crippen molar-refractivity contribution < 1.29 is 33.4 Å². The Morgan fingerprint density at radius 2 is 1.79 bits per heavy atom. The molecule has 2 aromatic heterocycles. The van der Waals surface area contributed by atoms with Gasteiger partial charge in [0.15, 0.2) is 0 Å². The molecule has 0 unspecified atom stereocenters. The van der Waals surface area contributed by atoms with Crippen LogP contribution in [0.3, 0.4) is 0 Å². The van der Waals surface area contributed by atoms with Crippen LogP contribution in [0.15, 0.2) is 60.8 Å². The van der Waals surface area contributed by atoms with Crippen LogP contribution in [0.5, 0.6) is 0 Å². The predicted molar refractivity (Wildman–Crippen MR) is 262 cm³/mol. The third-order valence-electron chi connectivity index (χ3n) is 14.0. The van der Waals surface area contributed by atoms with E-state index in [1.807, 2.05) is 62.6 Å². The van der Waals surface area contributed by atoms with Crippen LogP contribution in [-0.4, -0.2) is 139 Å². The van der Waals surface area contributed by atoms with Crippen molar-refractivity contribution >= 4 is 59.6 Å². The fourth-order valence-electron chi connectivity index (χ4n) is 10.5. The Labute approximate surface area is 404 Å². The van der Waals surface area contributed by atoms with Crippen LogP contribution in [0, 0.1) is 17.3 Å². The van der Waals surface area contributed by atoms with Crippen molar-refractivity contribution in [2.45, 2.75) is 107 Å². The van der Waals surface area contributed by atoms with Gasteiger partial charge in [-0.2, -0.15) is 0 Å². The molecule has 67 heavy (non-hydrogen) atoms. The first kappa shape index (κ1) is 50.3. The average Bonchev–Trinajstić information content (AvgIpc) is 3.92. The van der Waals surface area contributed by atoms with Gasteiger partial charge in [-0.05, 0) is 32.4 Å². The number of methoxy groups -OCH3 is 1. The SMILES string of the molecule is CCn1c(-c2cccnc2[C@H](C)OC)c2c3cc(ccc31)-c1cccc(c1)C[C@H](NC(=O)[C@H](C(C)C)[In]([CH3])[C](=O)[C@H]1CCN(C(=O)CN(C)C)C1)C(=O)N1CCC[C@H](N1)C(=O)OCC(C)(C)C2. The Bertz CT molecular complexity index is 2480. The number of carbonyl (C=O) groups excluding carboxylic acids is 5. The molecular formula is C52H70InN7O7. The number of aromatic nitrogens is 2. The van der Waals surface area contributed by atoms with Gasteiger partial charge in [-0.3, -0.25) is 4.98 Å². The van der Waals surface area contributed by atoms with Gasteiger partial charge in [0.05, 0.1) is 17.5 Å². The van der Waals surface area contributed by atoms with Crippen molar-refractivity contribution in [2.24, 2.45) is 17.3 Å². The summed E-state index contributed by atoms with van der Waals surface area (Å²) in [6, 6.07) is 17.0. The molecule has 2 fully saturated rings. The second-order valence-electron chi connectivity index (χ2n) is 20.4. The average molecular weight is 1020 g/mol. The fourth-order valence-corrected chi connectivity index (χ4v) is 19.3. The Morgan fingerprint density at radius 3 is 2.51 bits per heavy atom. The molecule has 5 heterocycles. The van der Waals surface area contributed by atoms with Gasteiger partial charge in [0.1, 0.15) is 0 Å². The molecule has 358 valence electrons. The number of fused-ring (bicyclic) bond motifs is 6. The molecule has 2 saturated heterocycles. The van der Waals surface area contributed by atoms with Crippen LogP contribution in [0.25, 0.3) is 33.3 Å². The number of nitrogens with zero attached hydrogens (tertiary/aromatic N) is 5. The number of ether oxygens (including phenoxy) is 2. The molecule has 0 aliphatic carbocycles. The Hall–Kier alpha value is -4.57. The van der Waals surface area contributed by atoms with Crippen LogP contribution >= 0.6 is 0 Å². The first-order valence-electron chi connectivity index (χ1n) is 24.1. The second-order valence-corrected chi connectivity index (χ2v) is 28.5. The number of nitrogens with one attached hydrogen (secondary N) is 2. The molecular weight excluding hydrogens is 949 g/mol. The number of likely N-dealkylation sites (tertiary alicyclic amines) is 1. The van der Waals surface area contributed by atoms with E-state index >= 15 is 0 Å². The topological polar surface area (TPSA) is 155 Å². The molecule has 0 saturated carbocycles. The summed E-state index contributed by atoms with van der Waals surface area (Å²) >= 11 is -3.35. The smallest absolute Gasteiger partial charge is 0.0563 e. The minimum Gasteiger partial charge on any atom is -0.0563 e. The van der Waals surface area contributed by atoms with Crippen LogP contribution < -0.4 is 10.7 Å². The fraction of sp³-hybridized carbons (Fsp3) is 0.538. The van der Waals surface area contributed by atoms with Gasteiger partial charge in [0.25, 0.3) is 0 Å². The first-order chi connectivity index (χ1) is 31.9. The Morgan fingerprint density at radius 1 is 1.03 bits per heavy atom. The predicted octanol–water partition coefficient (Wildman–Crippen LogP) is 6.42. The van der Waals surface area contributed by atoms with Gasteiger partial charge in [-0.1, -0.05) is 13.8 Å². The van der Waals surface area contributed by atoms with Gasteiger partial charge >= 0.3 is 303 Å². The molecule has 4 aromatic rings. The van der Waals surface area contributed by atoms with Gasteiger partial charge in [-0.15, -0.1) is 0 Å². The van der Waals surface area contributed by atoms with Crippen molar-refractivity contribution in [1.82, 2.24) is 35.1 Å². The molecule has 3 amide bonds. The van der Waals surface area contributed by atoms with E-state index < -0.39 is 48.6 Å². The van der Waals surface area contributed by atoms with Crippen molar-refractivity contribution in [3.8, 4) is 22.4 Å². The summed E-state index contributed by atoms with van der Waals surface area (Å²) in [6.45, 7) is 14.7. The Kier molecular flexibility index (Phi) is 16.1. The van der Waals surface area contributed by atoms with Gasteiger partial charge in [0.2, 0.25) is 0 Å². The zero-order chi connectivity index (χ0) is 48.3. The number of aryl methyl sites for hydroxylation is 1. The zero-order valence-electron chi connectivity index (χ0n) is 41.2. The number of cyclic esters (lactones) is 1. The number of esters is 1. The quantitative estimate of drug-likeness (QED) is 0.152. The third kappa shape index (κ3) is 11.2. The molecule has 2 N–H and O–H groups in total. The molecule has 0 radical (unpaired) electrons. The Balaban J connectivity index is 1.27.